The zero-order valence-corrected chi connectivity index (χ0v) is 32.6. The molecule has 3 aliphatic heterocycles. The lowest BCUT2D eigenvalue weighted by Crippen LogP contribution is -2.63. The van der Waals surface area contributed by atoms with E-state index in [2.05, 4.69) is 15.6 Å². The molecule has 3 heterocycles. The number of carbonyl (C=O) groups excluding carboxylic acids is 3. The van der Waals surface area contributed by atoms with Gasteiger partial charge in [-0.2, -0.15) is 0 Å². The fourth-order valence-corrected chi connectivity index (χ4v) is 7.45. The standard InChI is InChI=1S/C38H46ClN5O11/c1-9-40-33-21(3)24(13-14-25(33)44(49)50)41-35(46)54-30-18-31(45)43(6)26-16-23(17-27(51-7)32(26)39)15-20(2)11-10-12-29(52-8)38(48)19-28(53-36(47)42-38)22(4)34-37(30,5)55-34/h9-14,16-17,22,28-30,34,48H,15,18-19H2,1-8H3,(H,41,46)(H,42,47)/b12-10+,20-11+,40-9-/t22-,28+,29-,30+,34+,37+,38+/m1/s1. The predicted octanol–water partition coefficient (Wildman–Crippen LogP) is 6.31. The first-order valence-corrected chi connectivity index (χ1v) is 18.0. The van der Waals surface area contributed by atoms with Gasteiger partial charge in [-0.1, -0.05) is 42.3 Å². The highest BCUT2D eigenvalue weighted by atomic mass is 35.5. The Morgan fingerprint density at radius 2 is 1.98 bits per heavy atom. The van der Waals surface area contributed by atoms with Gasteiger partial charge in [0.25, 0.3) is 5.69 Å². The summed E-state index contributed by atoms with van der Waals surface area (Å²) in [5.74, 6) is -0.708. The molecule has 3 aliphatic rings. The van der Waals surface area contributed by atoms with Crippen molar-refractivity contribution in [1.29, 1.82) is 0 Å². The Balaban J connectivity index is 1.55. The number of ether oxygens (including phenoxy) is 5. The van der Waals surface area contributed by atoms with Crippen LogP contribution in [0.5, 0.6) is 5.75 Å². The number of carbonyl (C=O) groups is 3. The number of nitrogens with one attached hydrogen (secondary N) is 2. The number of allylic oxidation sites excluding steroid dienone is 3. The van der Waals surface area contributed by atoms with Gasteiger partial charge in [0.2, 0.25) is 5.91 Å². The minimum Gasteiger partial charge on any atom is -0.495 e. The van der Waals surface area contributed by atoms with E-state index in [-0.39, 0.29) is 34.9 Å². The number of hydrogen-bond donors (Lipinski definition) is 3. The maximum atomic E-state index is 14.1. The van der Waals surface area contributed by atoms with Gasteiger partial charge < -0.3 is 33.7 Å². The number of aliphatic imine (C=N–C) groups is 1. The maximum absolute atomic E-state index is 14.1. The highest BCUT2D eigenvalue weighted by molar-refractivity contribution is 6.35. The van der Waals surface area contributed by atoms with Gasteiger partial charge in [0.15, 0.2) is 5.72 Å². The lowest BCUT2D eigenvalue weighted by molar-refractivity contribution is -0.384. The van der Waals surface area contributed by atoms with Crippen LogP contribution < -0.4 is 20.3 Å². The lowest BCUT2D eigenvalue weighted by atomic mass is 9.83. The number of alkyl carbamates (subject to hydrolysis) is 1. The average molecular weight is 784 g/mol. The Morgan fingerprint density at radius 1 is 1.25 bits per heavy atom. The van der Waals surface area contributed by atoms with Crippen LogP contribution in [-0.2, 0) is 30.2 Å². The second-order valence-corrected chi connectivity index (χ2v) is 14.4. The summed E-state index contributed by atoms with van der Waals surface area (Å²) in [4.78, 5) is 57.2. The topological polar surface area (TPSA) is 204 Å². The van der Waals surface area contributed by atoms with Gasteiger partial charge in [-0.25, -0.2) is 9.59 Å². The molecule has 2 saturated heterocycles. The highest BCUT2D eigenvalue weighted by Gasteiger charge is 2.64. The molecule has 4 bridgehead atoms. The molecule has 2 aromatic carbocycles. The van der Waals surface area contributed by atoms with Crippen molar-refractivity contribution >= 4 is 58.7 Å². The number of nitrogens with zero attached hydrogens (tertiary/aromatic N) is 3. The second kappa shape index (κ2) is 16.4. The molecule has 3 N–H and O–H groups in total. The molecule has 296 valence electrons. The molecule has 2 aromatic rings. The molecule has 0 saturated carbocycles. The third-order valence-corrected chi connectivity index (χ3v) is 10.7. The van der Waals surface area contributed by atoms with Crippen molar-refractivity contribution in [2.24, 2.45) is 10.9 Å². The first kappa shape index (κ1) is 41.1. The van der Waals surface area contributed by atoms with Crippen LogP contribution in [0.25, 0.3) is 0 Å². The van der Waals surface area contributed by atoms with Gasteiger partial charge in [0.1, 0.15) is 40.4 Å². The van der Waals surface area contributed by atoms with E-state index in [1.807, 2.05) is 13.0 Å². The molecular formula is C38H46ClN5O11. The Labute approximate surface area is 323 Å². The van der Waals surface area contributed by atoms with Crippen LogP contribution >= 0.6 is 11.6 Å². The summed E-state index contributed by atoms with van der Waals surface area (Å²) in [5, 5.41) is 28.7. The largest absolute Gasteiger partial charge is 0.495 e. The number of rotatable bonds is 6. The van der Waals surface area contributed by atoms with Crippen molar-refractivity contribution in [3.63, 3.8) is 0 Å². The van der Waals surface area contributed by atoms with Gasteiger partial charge in [-0.05, 0) is 57.9 Å². The van der Waals surface area contributed by atoms with Crippen molar-refractivity contribution < 1.29 is 48.1 Å². The zero-order valence-electron chi connectivity index (χ0n) is 31.9. The van der Waals surface area contributed by atoms with Gasteiger partial charge in [-0.15, -0.1) is 0 Å². The molecule has 2 fully saturated rings. The minimum atomic E-state index is -1.86. The number of hydrogen-bond acceptors (Lipinski definition) is 12. The zero-order chi connectivity index (χ0) is 40.4. The Kier molecular flexibility index (Phi) is 12.2. The monoisotopic (exact) mass is 783 g/mol. The number of anilines is 2. The van der Waals surface area contributed by atoms with Crippen LogP contribution in [0.3, 0.4) is 0 Å². The number of methoxy groups -OCH3 is 2. The first-order chi connectivity index (χ1) is 26.0. The van der Waals surface area contributed by atoms with Crippen molar-refractivity contribution in [3.05, 3.63) is 74.3 Å². The number of halogens is 1. The van der Waals surface area contributed by atoms with Crippen molar-refractivity contribution in [2.45, 2.75) is 89.6 Å². The summed E-state index contributed by atoms with van der Waals surface area (Å²) < 4.78 is 29.0. The third kappa shape index (κ3) is 8.62. The quantitative estimate of drug-likeness (QED) is 0.128. The highest BCUT2D eigenvalue weighted by Crippen LogP contribution is 2.49. The molecule has 0 spiro atoms. The van der Waals surface area contributed by atoms with Crippen molar-refractivity contribution in [2.75, 3.05) is 31.5 Å². The number of amides is 3. The van der Waals surface area contributed by atoms with Crippen LogP contribution in [0.2, 0.25) is 5.02 Å². The number of nitro groups is 1. The summed E-state index contributed by atoms with van der Waals surface area (Å²) in [6.45, 7) is 8.53. The molecule has 5 rings (SSSR count). The first-order valence-electron chi connectivity index (χ1n) is 17.6. The maximum Gasteiger partial charge on any atom is 0.412 e. The van der Waals surface area contributed by atoms with Crippen LogP contribution in [-0.4, -0.2) is 91.3 Å². The van der Waals surface area contributed by atoms with Crippen molar-refractivity contribution in [1.82, 2.24) is 5.32 Å². The van der Waals surface area contributed by atoms with E-state index in [1.165, 1.54) is 37.5 Å². The van der Waals surface area contributed by atoms with Crippen LogP contribution in [0.15, 0.2) is 53.1 Å². The lowest BCUT2D eigenvalue weighted by Gasteiger charge is -2.42. The van der Waals surface area contributed by atoms with Gasteiger partial charge >= 0.3 is 12.2 Å². The molecule has 0 radical (unpaired) electrons. The molecule has 3 amide bonds. The molecule has 7 atom stereocenters. The molecule has 55 heavy (non-hydrogen) atoms. The van der Waals surface area contributed by atoms with Gasteiger partial charge in [0.05, 0.1) is 30.2 Å². The normalized spacial score (nSPS) is 30.0. The smallest absolute Gasteiger partial charge is 0.412 e. The van der Waals surface area contributed by atoms with Crippen LogP contribution in [0.4, 0.5) is 32.3 Å². The molecule has 0 aliphatic carbocycles. The number of fused-ring (bicyclic) bond motifs is 5. The van der Waals surface area contributed by atoms with E-state index < -0.39 is 64.7 Å². The van der Waals surface area contributed by atoms with Crippen LogP contribution in [0, 0.1) is 23.0 Å². The molecular weight excluding hydrogens is 738 g/mol. The van der Waals surface area contributed by atoms with Gasteiger partial charge in [0, 0.05) is 50.0 Å². The van der Waals surface area contributed by atoms with Gasteiger partial charge in [-0.3, -0.25) is 30.5 Å². The van der Waals surface area contributed by atoms with E-state index in [0.717, 1.165) is 11.1 Å². The van der Waals surface area contributed by atoms with E-state index in [0.29, 0.717) is 23.4 Å². The third-order valence-electron chi connectivity index (χ3n) is 10.3. The summed E-state index contributed by atoms with van der Waals surface area (Å²) in [5.41, 5.74) is -0.763. The molecule has 16 nitrogen and oxygen atoms in total. The SMILES string of the molecule is C/C=N\c1c([N+](=O)[O-])ccc(NC(=O)O[C@H]2CC(=O)N(C)c3cc(cc(OC)c3Cl)C/C(C)=C/C=C/[C@@H](OC)[C@@]3(O)C[C@H](OC(=O)N3)[C@@H](C)[C@@H]3O[C@@]23C)c1C. The number of nitro benzene ring substituents is 1. The van der Waals surface area contributed by atoms with Crippen molar-refractivity contribution in [3.8, 4) is 5.75 Å². The van der Waals surface area contributed by atoms with E-state index >= 15 is 0 Å². The van der Waals surface area contributed by atoms with E-state index in [4.69, 9.17) is 35.3 Å². The summed E-state index contributed by atoms with van der Waals surface area (Å²) in [6.07, 6.45) is 0.976. The second-order valence-electron chi connectivity index (χ2n) is 14.1. The summed E-state index contributed by atoms with van der Waals surface area (Å²) in [6, 6.07) is 6.12. The fourth-order valence-electron chi connectivity index (χ4n) is 7.13. The molecule has 0 unspecified atom stereocenters. The van der Waals surface area contributed by atoms with Crippen LogP contribution in [0.1, 0.15) is 51.7 Å². The minimum absolute atomic E-state index is 0.0586. The molecule has 0 aromatic heterocycles. The number of aliphatic hydroxyl groups is 1. The Hall–Kier alpha value is -5.03. The number of benzene rings is 2. The summed E-state index contributed by atoms with van der Waals surface area (Å²) >= 11 is 6.75. The Morgan fingerprint density at radius 3 is 2.64 bits per heavy atom. The average Bonchev–Trinajstić information content (AvgIpc) is 3.82. The van der Waals surface area contributed by atoms with E-state index in [1.54, 1.807) is 59.0 Å². The fraction of sp³-hybridized carbons (Fsp3) is 0.474. The summed E-state index contributed by atoms with van der Waals surface area (Å²) in [7, 11) is 4.43. The number of epoxide rings is 1. The van der Waals surface area contributed by atoms with E-state index in [9.17, 15) is 29.6 Å². The Bertz CT molecular complexity index is 1950. The molecule has 17 heteroatoms. The predicted molar refractivity (Wildman–Crippen MR) is 204 cm³/mol.